The van der Waals surface area contributed by atoms with E-state index in [1.165, 1.54) is 12.8 Å². The Morgan fingerprint density at radius 3 is 2.13 bits per heavy atom. The van der Waals surface area contributed by atoms with Gasteiger partial charge < -0.3 is 15.0 Å². The molecule has 1 heterocycles. The standard InChI is InChI=1S/C25H31N3O3/c29-24(28-15-13-27(14-16-28)18-21-11-12-21)23(17-20-7-3-1-4-8-20)26-25(30)31-19-22-9-5-2-6-10-22/h1-10,21,23H,11-19H2,(H,26,30)/t23-/m0/s1. The lowest BCUT2D eigenvalue weighted by Crippen LogP contribution is -2.55. The molecule has 164 valence electrons. The average Bonchev–Trinajstić information content (AvgIpc) is 3.63. The number of carbonyl (C=O) groups is 2. The van der Waals surface area contributed by atoms with E-state index < -0.39 is 12.1 Å². The molecule has 0 bridgehead atoms. The third kappa shape index (κ3) is 6.56. The van der Waals surface area contributed by atoms with Crippen LogP contribution in [-0.2, 0) is 22.6 Å². The van der Waals surface area contributed by atoms with Crippen molar-refractivity contribution >= 4 is 12.0 Å². The van der Waals surface area contributed by atoms with Crippen molar-refractivity contribution in [3.05, 3.63) is 71.8 Å². The van der Waals surface area contributed by atoms with Crippen molar-refractivity contribution in [2.75, 3.05) is 32.7 Å². The summed E-state index contributed by atoms with van der Waals surface area (Å²) < 4.78 is 5.37. The number of alkyl carbamates (subject to hydrolysis) is 1. The van der Waals surface area contributed by atoms with E-state index in [0.717, 1.165) is 36.7 Å². The maximum Gasteiger partial charge on any atom is 0.408 e. The first kappa shape index (κ1) is 21.4. The number of hydrogen-bond acceptors (Lipinski definition) is 4. The second kappa shape index (κ2) is 10.4. The third-order valence-electron chi connectivity index (χ3n) is 5.98. The van der Waals surface area contributed by atoms with Crippen LogP contribution in [0.2, 0.25) is 0 Å². The van der Waals surface area contributed by atoms with E-state index in [2.05, 4.69) is 10.2 Å². The van der Waals surface area contributed by atoms with Crippen LogP contribution in [-0.4, -0.2) is 60.6 Å². The fourth-order valence-electron chi connectivity index (χ4n) is 3.99. The van der Waals surface area contributed by atoms with E-state index in [-0.39, 0.29) is 12.5 Å². The summed E-state index contributed by atoms with van der Waals surface area (Å²) in [5.41, 5.74) is 1.92. The Balaban J connectivity index is 1.35. The topological polar surface area (TPSA) is 61.9 Å². The van der Waals surface area contributed by atoms with Gasteiger partial charge in [-0.15, -0.1) is 0 Å². The molecule has 2 fully saturated rings. The highest BCUT2D eigenvalue weighted by atomic mass is 16.5. The van der Waals surface area contributed by atoms with Gasteiger partial charge in [0.2, 0.25) is 5.91 Å². The zero-order valence-corrected chi connectivity index (χ0v) is 17.9. The van der Waals surface area contributed by atoms with Gasteiger partial charge in [-0.25, -0.2) is 4.79 Å². The highest BCUT2D eigenvalue weighted by Crippen LogP contribution is 2.30. The lowest BCUT2D eigenvalue weighted by atomic mass is 10.0. The summed E-state index contributed by atoms with van der Waals surface area (Å²) in [7, 11) is 0. The summed E-state index contributed by atoms with van der Waals surface area (Å²) in [6.07, 6.45) is 2.56. The van der Waals surface area contributed by atoms with Crippen molar-refractivity contribution in [3.8, 4) is 0 Å². The first-order chi connectivity index (χ1) is 15.2. The molecule has 4 rings (SSSR count). The lowest BCUT2D eigenvalue weighted by Gasteiger charge is -2.36. The van der Waals surface area contributed by atoms with Gasteiger partial charge in [0.1, 0.15) is 12.6 Å². The molecular formula is C25H31N3O3. The predicted octanol–water partition coefficient (Wildman–Crippen LogP) is 3.08. The summed E-state index contributed by atoms with van der Waals surface area (Å²) >= 11 is 0. The van der Waals surface area contributed by atoms with E-state index in [0.29, 0.717) is 19.5 Å². The highest BCUT2D eigenvalue weighted by molar-refractivity contribution is 5.86. The molecule has 2 aromatic rings. The van der Waals surface area contributed by atoms with E-state index >= 15 is 0 Å². The monoisotopic (exact) mass is 421 g/mol. The first-order valence-corrected chi connectivity index (χ1v) is 11.2. The number of amides is 2. The van der Waals surface area contributed by atoms with Crippen LogP contribution < -0.4 is 5.32 Å². The Morgan fingerprint density at radius 1 is 0.903 bits per heavy atom. The molecule has 1 saturated heterocycles. The van der Waals surface area contributed by atoms with Crippen LogP contribution in [0.1, 0.15) is 24.0 Å². The van der Waals surface area contributed by atoms with Crippen molar-refractivity contribution in [2.24, 2.45) is 5.92 Å². The predicted molar refractivity (Wildman–Crippen MR) is 119 cm³/mol. The van der Waals surface area contributed by atoms with Gasteiger partial charge in [0.15, 0.2) is 0 Å². The van der Waals surface area contributed by atoms with Gasteiger partial charge in [0.25, 0.3) is 0 Å². The summed E-state index contributed by atoms with van der Waals surface area (Å²) in [6, 6.07) is 18.7. The molecule has 2 aromatic carbocycles. The summed E-state index contributed by atoms with van der Waals surface area (Å²) in [5.74, 6) is 0.820. The van der Waals surface area contributed by atoms with Gasteiger partial charge in [-0.3, -0.25) is 9.69 Å². The van der Waals surface area contributed by atoms with Crippen LogP contribution in [0.4, 0.5) is 4.79 Å². The van der Waals surface area contributed by atoms with Gasteiger partial charge in [0, 0.05) is 39.1 Å². The first-order valence-electron chi connectivity index (χ1n) is 11.2. The molecule has 0 radical (unpaired) electrons. The quantitative estimate of drug-likeness (QED) is 0.712. The maximum absolute atomic E-state index is 13.3. The molecule has 1 aliphatic heterocycles. The van der Waals surface area contributed by atoms with Crippen molar-refractivity contribution < 1.29 is 14.3 Å². The molecule has 31 heavy (non-hydrogen) atoms. The van der Waals surface area contributed by atoms with Crippen LogP contribution in [0.3, 0.4) is 0 Å². The Labute approximate surface area is 184 Å². The van der Waals surface area contributed by atoms with Crippen LogP contribution >= 0.6 is 0 Å². The number of nitrogens with one attached hydrogen (secondary N) is 1. The zero-order valence-electron chi connectivity index (χ0n) is 17.9. The van der Waals surface area contributed by atoms with E-state index in [9.17, 15) is 9.59 Å². The molecule has 1 N–H and O–H groups in total. The molecular weight excluding hydrogens is 390 g/mol. The van der Waals surface area contributed by atoms with Crippen LogP contribution in [0, 0.1) is 5.92 Å². The summed E-state index contributed by atoms with van der Waals surface area (Å²) in [5, 5.41) is 2.82. The number of hydrogen-bond donors (Lipinski definition) is 1. The maximum atomic E-state index is 13.3. The average molecular weight is 422 g/mol. The highest BCUT2D eigenvalue weighted by Gasteiger charge is 2.31. The molecule has 1 atom stereocenters. The molecule has 1 aliphatic carbocycles. The number of nitrogens with zero attached hydrogens (tertiary/aromatic N) is 2. The van der Waals surface area contributed by atoms with Gasteiger partial charge in [-0.2, -0.15) is 0 Å². The van der Waals surface area contributed by atoms with Crippen LogP contribution in [0.15, 0.2) is 60.7 Å². The number of ether oxygens (including phenoxy) is 1. The van der Waals surface area contributed by atoms with Crippen molar-refractivity contribution in [2.45, 2.75) is 31.9 Å². The van der Waals surface area contributed by atoms with Crippen LogP contribution in [0.5, 0.6) is 0 Å². The molecule has 2 aliphatic rings. The largest absolute Gasteiger partial charge is 0.445 e. The number of benzene rings is 2. The molecule has 0 aromatic heterocycles. The van der Waals surface area contributed by atoms with Gasteiger partial charge >= 0.3 is 6.09 Å². The second-order valence-corrected chi connectivity index (χ2v) is 8.52. The SMILES string of the molecule is O=C(N[C@@H](Cc1ccccc1)C(=O)N1CCN(CC2CC2)CC1)OCc1ccccc1. The molecule has 6 heteroatoms. The van der Waals surface area contributed by atoms with Gasteiger partial charge in [0.05, 0.1) is 0 Å². The van der Waals surface area contributed by atoms with E-state index in [4.69, 9.17) is 4.74 Å². The Kier molecular flexibility index (Phi) is 7.20. The molecule has 1 saturated carbocycles. The Hall–Kier alpha value is -2.86. The Morgan fingerprint density at radius 2 is 1.52 bits per heavy atom. The van der Waals surface area contributed by atoms with Crippen molar-refractivity contribution in [1.82, 2.24) is 15.1 Å². The Bertz CT molecular complexity index is 847. The molecule has 0 spiro atoms. The minimum atomic E-state index is -0.638. The van der Waals surface area contributed by atoms with Crippen LogP contribution in [0.25, 0.3) is 0 Å². The second-order valence-electron chi connectivity index (χ2n) is 8.52. The smallest absolute Gasteiger partial charge is 0.408 e. The summed E-state index contributed by atoms with van der Waals surface area (Å²) in [4.78, 5) is 30.1. The van der Waals surface area contributed by atoms with Crippen molar-refractivity contribution in [3.63, 3.8) is 0 Å². The molecule has 6 nitrogen and oxygen atoms in total. The fraction of sp³-hybridized carbons (Fsp3) is 0.440. The minimum absolute atomic E-state index is 0.0356. The zero-order chi connectivity index (χ0) is 21.5. The third-order valence-corrected chi connectivity index (χ3v) is 5.98. The summed E-state index contributed by atoms with van der Waals surface area (Å²) in [6.45, 7) is 4.55. The lowest BCUT2D eigenvalue weighted by molar-refractivity contribution is -0.135. The minimum Gasteiger partial charge on any atom is -0.445 e. The fourth-order valence-corrected chi connectivity index (χ4v) is 3.99. The van der Waals surface area contributed by atoms with Gasteiger partial charge in [-0.05, 0) is 29.9 Å². The number of carbonyl (C=O) groups excluding carboxylic acids is 2. The number of rotatable bonds is 8. The normalized spacial score (nSPS) is 17.7. The van der Waals surface area contributed by atoms with E-state index in [1.54, 1.807) is 0 Å². The number of piperazine rings is 1. The van der Waals surface area contributed by atoms with E-state index in [1.807, 2.05) is 65.6 Å². The van der Waals surface area contributed by atoms with Crippen molar-refractivity contribution in [1.29, 1.82) is 0 Å². The van der Waals surface area contributed by atoms with Gasteiger partial charge in [-0.1, -0.05) is 60.7 Å². The molecule has 0 unspecified atom stereocenters. The molecule has 2 amide bonds.